The van der Waals surface area contributed by atoms with E-state index in [0.29, 0.717) is 17.0 Å². The van der Waals surface area contributed by atoms with Crippen molar-refractivity contribution in [3.8, 4) is 16.9 Å². The third-order valence-corrected chi connectivity index (χ3v) is 7.09. The quantitative estimate of drug-likeness (QED) is 0.300. The number of benzene rings is 2. The number of anilines is 1. The summed E-state index contributed by atoms with van der Waals surface area (Å²) in [5.41, 5.74) is 3.30. The monoisotopic (exact) mass is 468 g/mol. The highest BCUT2D eigenvalue weighted by Gasteiger charge is 2.49. The zero-order valence-corrected chi connectivity index (χ0v) is 19.7. The van der Waals surface area contributed by atoms with Crippen LogP contribution >= 0.6 is 0 Å². The third-order valence-electron chi connectivity index (χ3n) is 7.09. The van der Waals surface area contributed by atoms with Gasteiger partial charge in [0.2, 0.25) is 0 Å². The predicted molar refractivity (Wildman–Crippen MR) is 135 cm³/mol. The van der Waals surface area contributed by atoms with Crippen LogP contribution in [-0.2, 0) is 9.59 Å². The molecule has 178 valence electrons. The maximum Gasteiger partial charge on any atom is 0.299 e. The number of aromatic nitrogens is 1. The highest BCUT2D eigenvalue weighted by molar-refractivity contribution is 6.51. The Hall–Kier alpha value is -3.93. The van der Waals surface area contributed by atoms with E-state index in [4.69, 9.17) is 4.74 Å². The van der Waals surface area contributed by atoms with Crippen LogP contribution in [0.15, 0.2) is 78.6 Å². The second kappa shape index (κ2) is 9.74. The van der Waals surface area contributed by atoms with Crippen LogP contribution in [0.2, 0.25) is 0 Å². The maximum atomic E-state index is 13.4. The molecule has 6 heteroatoms. The smallest absolute Gasteiger partial charge is 0.299 e. The van der Waals surface area contributed by atoms with Crippen molar-refractivity contribution in [3.05, 3.63) is 84.2 Å². The molecule has 2 aromatic carbocycles. The van der Waals surface area contributed by atoms with Crippen molar-refractivity contribution in [1.82, 2.24) is 4.98 Å². The average molecular weight is 469 g/mol. The van der Waals surface area contributed by atoms with Gasteiger partial charge in [0.25, 0.3) is 11.7 Å². The van der Waals surface area contributed by atoms with Gasteiger partial charge in [0.15, 0.2) is 0 Å². The zero-order chi connectivity index (χ0) is 24.4. The molecular weight excluding hydrogens is 440 g/mol. The third kappa shape index (κ3) is 4.32. The molecule has 0 bridgehead atoms. The number of ketones is 1. The van der Waals surface area contributed by atoms with E-state index < -0.39 is 17.7 Å². The van der Waals surface area contributed by atoms with Gasteiger partial charge in [0.1, 0.15) is 11.5 Å². The van der Waals surface area contributed by atoms with Gasteiger partial charge >= 0.3 is 0 Å². The van der Waals surface area contributed by atoms with Crippen LogP contribution in [0.25, 0.3) is 16.9 Å². The van der Waals surface area contributed by atoms with E-state index in [9.17, 15) is 14.7 Å². The number of rotatable bonds is 5. The number of aliphatic hydroxyl groups excluding tert-OH is 1. The first-order valence-corrected chi connectivity index (χ1v) is 12.0. The van der Waals surface area contributed by atoms with Gasteiger partial charge in [-0.3, -0.25) is 19.5 Å². The lowest BCUT2D eigenvalue weighted by Gasteiger charge is -2.34. The molecule has 2 fully saturated rings. The summed E-state index contributed by atoms with van der Waals surface area (Å²) in [6, 6.07) is 17.9. The zero-order valence-electron chi connectivity index (χ0n) is 19.7. The molecule has 6 nitrogen and oxygen atoms in total. The molecule has 1 aliphatic carbocycles. The summed E-state index contributed by atoms with van der Waals surface area (Å²) < 4.78 is 5.21. The van der Waals surface area contributed by atoms with Gasteiger partial charge in [-0.2, -0.15) is 0 Å². The molecule has 3 aromatic rings. The Morgan fingerprint density at radius 2 is 1.66 bits per heavy atom. The average Bonchev–Trinajstić information content (AvgIpc) is 3.19. The number of aliphatic hydroxyl groups is 1. The Balaban J connectivity index is 1.57. The number of Topliss-reactive ketones (excluding diaryl/α,β-unsaturated/α-hetero) is 1. The lowest BCUT2D eigenvalue weighted by Crippen LogP contribution is -2.40. The van der Waals surface area contributed by atoms with Crippen molar-refractivity contribution in [2.75, 3.05) is 12.0 Å². The molecule has 1 N–H and O–H groups in total. The van der Waals surface area contributed by atoms with E-state index in [2.05, 4.69) is 4.98 Å². The molecule has 0 spiro atoms. The Kier molecular flexibility index (Phi) is 6.36. The number of pyridine rings is 1. The summed E-state index contributed by atoms with van der Waals surface area (Å²) in [5.74, 6) is -0.599. The van der Waals surface area contributed by atoms with Crippen LogP contribution < -0.4 is 9.64 Å². The summed E-state index contributed by atoms with van der Waals surface area (Å²) in [4.78, 5) is 32.5. The number of hydrogen-bond donors (Lipinski definition) is 1. The van der Waals surface area contributed by atoms with Crippen molar-refractivity contribution in [3.63, 3.8) is 0 Å². The molecule has 1 atom stereocenters. The highest BCUT2D eigenvalue weighted by atomic mass is 16.5. The van der Waals surface area contributed by atoms with Crippen molar-refractivity contribution in [2.24, 2.45) is 5.92 Å². The van der Waals surface area contributed by atoms with Crippen LogP contribution in [0.3, 0.4) is 0 Å². The van der Waals surface area contributed by atoms with Crippen LogP contribution in [0, 0.1) is 5.92 Å². The molecule has 1 aliphatic heterocycles. The van der Waals surface area contributed by atoms with E-state index >= 15 is 0 Å². The molecule has 1 saturated carbocycles. The molecule has 1 unspecified atom stereocenters. The second-order valence-electron chi connectivity index (χ2n) is 9.13. The van der Waals surface area contributed by atoms with Crippen LogP contribution in [0.5, 0.6) is 5.75 Å². The first-order chi connectivity index (χ1) is 17.1. The van der Waals surface area contributed by atoms with Gasteiger partial charge in [-0.1, -0.05) is 37.5 Å². The number of carbonyl (C=O) groups is 2. The molecule has 1 amide bonds. The van der Waals surface area contributed by atoms with Crippen molar-refractivity contribution >= 4 is 23.1 Å². The summed E-state index contributed by atoms with van der Waals surface area (Å²) in [7, 11) is 1.57. The molecule has 5 rings (SSSR count). The summed E-state index contributed by atoms with van der Waals surface area (Å²) in [6.07, 6.45) is 8.59. The van der Waals surface area contributed by atoms with Crippen molar-refractivity contribution in [2.45, 2.75) is 38.1 Å². The Labute approximate surface area is 204 Å². The van der Waals surface area contributed by atoms with E-state index in [-0.39, 0.29) is 17.3 Å². The molecule has 2 heterocycles. The van der Waals surface area contributed by atoms with Crippen molar-refractivity contribution < 1.29 is 19.4 Å². The van der Waals surface area contributed by atoms with E-state index in [0.717, 1.165) is 43.2 Å². The number of carbonyl (C=O) groups excluding carboxylic acids is 2. The number of hydrogen-bond acceptors (Lipinski definition) is 5. The normalized spacial score (nSPS) is 20.3. The lowest BCUT2D eigenvalue weighted by atomic mass is 9.80. The van der Waals surface area contributed by atoms with Gasteiger partial charge in [-0.05, 0) is 72.4 Å². The topological polar surface area (TPSA) is 79.7 Å². The minimum absolute atomic E-state index is 0.104. The second-order valence-corrected chi connectivity index (χ2v) is 9.13. The molecule has 1 saturated heterocycles. The highest BCUT2D eigenvalue weighted by Crippen LogP contribution is 2.41. The van der Waals surface area contributed by atoms with Gasteiger partial charge < -0.3 is 9.84 Å². The standard InChI is InChI=1S/C29H28N2O4/c1-35-24-15-11-21(12-16-24)27(32)25-26(20-6-3-2-4-7-20)31(29(34)28(25)33)23-13-9-19(10-14-23)22-8-5-17-30-18-22/h5,8-18,20,26,32H,2-4,6-7H2,1H3/b27-25-. The lowest BCUT2D eigenvalue weighted by molar-refractivity contribution is -0.132. The molecule has 35 heavy (non-hydrogen) atoms. The number of nitrogens with zero attached hydrogens (tertiary/aromatic N) is 2. The fourth-order valence-corrected chi connectivity index (χ4v) is 5.29. The molecule has 0 radical (unpaired) electrons. The molecule has 2 aliphatic rings. The summed E-state index contributed by atoms with van der Waals surface area (Å²) in [5, 5.41) is 11.3. The Morgan fingerprint density at radius 3 is 2.29 bits per heavy atom. The Morgan fingerprint density at radius 1 is 0.943 bits per heavy atom. The van der Waals surface area contributed by atoms with Crippen molar-refractivity contribution in [1.29, 1.82) is 0 Å². The van der Waals surface area contributed by atoms with Crippen LogP contribution in [-0.4, -0.2) is 34.9 Å². The van der Waals surface area contributed by atoms with Gasteiger partial charge in [-0.25, -0.2) is 0 Å². The van der Waals surface area contributed by atoms with Gasteiger partial charge in [0, 0.05) is 23.6 Å². The minimum atomic E-state index is -0.634. The summed E-state index contributed by atoms with van der Waals surface area (Å²) in [6.45, 7) is 0. The maximum absolute atomic E-state index is 13.4. The number of amides is 1. The van der Waals surface area contributed by atoms with E-state index in [1.807, 2.05) is 36.4 Å². The Bertz CT molecular complexity index is 1240. The van der Waals surface area contributed by atoms with E-state index in [1.165, 1.54) is 0 Å². The largest absolute Gasteiger partial charge is 0.507 e. The first kappa shape index (κ1) is 22.8. The van der Waals surface area contributed by atoms with Crippen LogP contribution in [0.1, 0.15) is 37.7 Å². The minimum Gasteiger partial charge on any atom is -0.507 e. The van der Waals surface area contributed by atoms with Gasteiger partial charge in [0.05, 0.1) is 18.7 Å². The van der Waals surface area contributed by atoms with Gasteiger partial charge in [-0.15, -0.1) is 0 Å². The SMILES string of the molecule is COc1ccc(/C(O)=C2/C(=O)C(=O)N(c3ccc(-c4cccnc4)cc3)C2C2CCCCC2)cc1. The van der Waals surface area contributed by atoms with E-state index in [1.54, 1.807) is 48.7 Å². The summed E-state index contributed by atoms with van der Waals surface area (Å²) >= 11 is 0. The number of ether oxygens (including phenoxy) is 1. The van der Waals surface area contributed by atoms with Crippen LogP contribution in [0.4, 0.5) is 5.69 Å². The fourth-order valence-electron chi connectivity index (χ4n) is 5.29. The first-order valence-electron chi connectivity index (χ1n) is 12.0. The predicted octanol–water partition coefficient (Wildman–Crippen LogP) is 5.59. The molecular formula is C29H28N2O4. The molecule has 1 aromatic heterocycles. The fraction of sp³-hybridized carbons (Fsp3) is 0.276. The number of methoxy groups -OCH3 is 1.